The number of amides is 1. The fourth-order valence-corrected chi connectivity index (χ4v) is 3.12. The topological polar surface area (TPSA) is 68.3 Å². The third-order valence-electron chi connectivity index (χ3n) is 4.09. The van der Waals surface area contributed by atoms with Crippen LogP contribution in [0.1, 0.15) is 61.6 Å². The summed E-state index contributed by atoms with van der Waals surface area (Å²) in [5.74, 6) is 0.569. The molecule has 0 saturated heterocycles. The van der Waals surface area contributed by atoms with Crippen LogP contribution in [0, 0.1) is 0 Å². The third kappa shape index (κ3) is 3.03. The minimum atomic E-state index is -0.537. The van der Waals surface area contributed by atoms with Crippen LogP contribution in [0.3, 0.4) is 0 Å². The van der Waals surface area contributed by atoms with Gasteiger partial charge < -0.3 is 15.5 Å². The Labute approximate surface area is 125 Å². The van der Waals surface area contributed by atoms with Crippen LogP contribution in [0.15, 0.2) is 16.7 Å². The molecule has 1 aromatic rings. The number of hydrogen-bond acceptors (Lipinski definition) is 3. The van der Waals surface area contributed by atoms with Crippen molar-refractivity contribution in [3.63, 3.8) is 0 Å². The fourth-order valence-electron chi connectivity index (χ4n) is 2.87. The molecule has 0 unspecified atom stereocenters. The van der Waals surface area contributed by atoms with Crippen LogP contribution in [0.4, 0.5) is 0 Å². The van der Waals surface area contributed by atoms with E-state index in [1.54, 1.807) is 12.3 Å². The highest BCUT2D eigenvalue weighted by molar-refractivity contribution is 7.80. The SMILES string of the molecule is CCc1occc1C(=O)NC1(C(N)=S)CCCCCC1. The molecule has 1 heterocycles. The number of thiocarbonyl (C=S) groups is 1. The molecule has 0 radical (unpaired) electrons. The van der Waals surface area contributed by atoms with E-state index in [2.05, 4.69) is 5.32 Å². The van der Waals surface area contributed by atoms with Gasteiger partial charge in [0, 0.05) is 6.42 Å². The van der Waals surface area contributed by atoms with Crippen molar-refractivity contribution >= 4 is 23.1 Å². The summed E-state index contributed by atoms with van der Waals surface area (Å²) in [4.78, 5) is 12.9. The minimum absolute atomic E-state index is 0.134. The van der Waals surface area contributed by atoms with Crippen LogP contribution in [0.25, 0.3) is 0 Å². The highest BCUT2D eigenvalue weighted by atomic mass is 32.1. The summed E-state index contributed by atoms with van der Waals surface area (Å²) < 4.78 is 5.32. The van der Waals surface area contributed by atoms with Crippen LogP contribution in [-0.2, 0) is 6.42 Å². The van der Waals surface area contributed by atoms with E-state index in [9.17, 15) is 4.79 Å². The maximum Gasteiger partial charge on any atom is 0.255 e. The molecule has 2 rings (SSSR count). The number of carbonyl (C=O) groups excluding carboxylic acids is 1. The minimum Gasteiger partial charge on any atom is -0.469 e. The molecule has 5 heteroatoms. The van der Waals surface area contributed by atoms with Gasteiger partial charge in [0.25, 0.3) is 5.91 Å². The largest absolute Gasteiger partial charge is 0.469 e. The number of furan rings is 1. The molecule has 1 aromatic heterocycles. The van der Waals surface area contributed by atoms with Gasteiger partial charge in [0.2, 0.25) is 0 Å². The van der Waals surface area contributed by atoms with Gasteiger partial charge in [-0.15, -0.1) is 0 Å². The summed E-state index contributed by atoms with van der Waals surface area (Å²) in [5, 5.41) is 3.08. The molecule has 20 heavy (non-hydrogen) atoms. The molecule has 1 aliphatic rings. The first-order chi connectivity index (χ1) is 9.59. The zero-order chi connectivity index (χ0) is 14.6. The normalized spacial score (nSPS) is 18.2. The van der Waals surface area contributed by atoms with Crippen molar-refractivity contribution < 1.29 is 9.21 Å². The Morgan fingerprint density at radius 1 is 1.40 bits per heavy atom. The van der Waals surface area contributed by atoms with Gasteiger partial charge in [0.05, 0.1) is 22.4 Å². The lowest BCUT2D eigenvalue weighted by molar-refractivity contribution is 0.0915. The Balaban J connectivity index is 2.19. The second kappa shape index (κ2) is 6.39. The van der Waals surface area contributed by atoms with E-state index in [0.717, 1.165) is 25.7 Å². The molecule has 4 nitrogen and oxygen atoms in total. The van der Waals surface area contributed by atoms with Gasteiger partial charge in [0.15, 0.2) is 0 Å². The number of nitrogens with one attached hydrogen (secondary N) is 1. The molecule has 0 atom stereocenters. The van der Waals surface area contributed by atoms with Gasteiger partial charge in [-0.25, -0.2) is 0 Å². The Morgan fingerprint density at radius 2 is 2.05 bits per heavy atom. The predicted octanol–water partition coefficient (Wildman–Crippen LogP) is 2.95. The van der Waals surface area contributed by atoms with Crippen molar-refractivity contribution in [2.24, 2.45) is 5.73 Å². The summed E-state index contributed by atoms with van der Waals surface area (Å²) in [7, 11) is 0. The maximum atomic E-state index is 12.5. The zero-order valence-electron chi connectivity index (χ0n) is 11.9. The smallest absolute Gasteiger partial charge is 0.255 e. The van der Waals surface area contributed by atoms with Crippen LogP contribution < -0.4 is 11.1 Å². The van der Waals surface area contributed by atoms with Gasteiger partial charge in [-0.3, -0.25) is 4.79 Å². The standard InChI is InChI=1S/C15H22N2O2S/c1-2-12-11(7-10-19-12)13(18)17-15(14(16)20)8-5-3-4-6-9-15/h7,10H,2-6,8-9H2,1H3,(H2,16,20)(H,17,18). The Morgan fingerprint density at radius 3 is 2.60 bits per heavy atom. The second-order valence-corrected chi connectivity index (χ2v) is 5.87. The maximum absolute atomic E-state index is 12.5. The Bertz CT molecular complexity index is 488. The monoisotopic (exact) mass is 294 g/mol. The van der Waals surface area contributed by atoms with E-state index in [-0.39, 0.29) is 5.91 Å². The Kier molecular flexibility index (Phi) is 4.81. The number of aryl methyl sites for hydroxylation is 1. The molecule has 0 aromatic carbocycles. The summed E-state index contributed by atoms with van der Waals surface area (Å²) in [6.07, 6.45) is 8.33. The van der Waals surface area contributed by atoms with Crippen LogP contribution in [0.2, 0.25) is 0 Å². The first-order valence-corrected chi connectivity index (χ1v) is 7.68. The number of hydrogen-bond donors (Lipinski definition) is 2. The fraction of sp³-hybridized carbons (Fsp3) is 0.600. The summed E-state index contributed by atoms with van der Waals surface area (Å²) in [6.45, 7) is 1.96. The van der Waals surface area contributed by atoms with E-state index < -0.39 is 5.54 Å². The van der Waals surface area contributed by atoms with E-state index in [0.29, 0.717) is 22.7 Å². The highest BCUT2D eigenvalue weighted by Gasteiger charge is 2.36. The van der Waals surface area contributed by atoms with Gasteiger partial charge in [0.1, 0.15) is 5.76 Å². The lowest BCUT2D eigenvalue weighted by atomic mass is 9.89. The van der Waals surface area contributed by atoms with E-state index in [4.69, 9.17) is 22.4 Å². The van der Waals surface area contributed by atoms with Gasteiger partial charge >= 0.3 is 0 Å². The molecular weight excluding hydrogens is 272 g/mol. The number of rotatable bonds is 4. The molecule has 0 aliphatic heterocycles. The summed E-state index contributed by atoms with van der Waals surface area (Å²) in [6, 6.07) is 1.71. The van der Waals surface area contributed by atoms with Crippen LogP contribution >= 0.6 is 12.2 Å². The van der Waals surface area contributed by atoms with Crippen molar-refractivity contribution in [2.45, 2.75) is 57.4 Å². The summed E-state index contributed by atoms with van der Waals surface area (Å²) in [5.41, 5.74) is 5.99. The first kappa shape index (κ1) is 15.0. The Hall–Kier alpha value is -1.36. The van der Waals surface area contributed by atoms with Crippen molar-refractivity contribution in [3.8, 4) is 0 Å². The van der Waals surface area contributed by atoms with E-state index >= 15 is 0 Å². The molecule has 1 saturated carbocycles. The van der Waals surface area contributed by atoms with Crippen molar-refractivity contribution in [1.29, 1.82) is 0 Å². The quantitative estimate of drug-likeness (QED) is 0.662. The number of nitrogens with two attached hydrogens (primary N) is 1. The van der Waals surface area contributed by atoms with Crippen LogP contribution in [0.5, 0.6) is 0 Å². The van der Waals surface area contributed by atoms with E-state index in [1.165, 1.54) is 12.8 Å². The van der Waals surface area contributed by atoms with Crippen molar-refractivity contribution in [2.75, 3.05) is 0 Å². The molecule has 110 valence electrons. The lowest BCUT2D eigenvalue weighted by Crippen LogP contribution is -2.56. The average molecular weight is 294 g/mol. The van der Waals surface area contributed by atoms with E-state index in [1.807, 2.05) is 6.92 Å². The third-order valence-corrected chi connectivity index (χ3v) is 4.48. The van der Waals surface area contributed by atoms with Crippen molar-refractivity contribution in [3.05, 3.63) is 23.7 Å². The van der Waals surface area contributed by atoms with Gasteiger partial charge in [-0.1, -0.05) is 44.8 Å². The molecule has 1 fully saturated rings. The number of carbonyl (C=O) groups is 1. The van der Waals surface area contributed by atoms with Gasteiger partial charge in [-0.05, 0) is 18.9 Å². The lowest BCUT2D eigenvalue weighted by Gasteiger charge is -2.32. The molecule has 0 bridgehead atoms. The second-order valence-electron chi connectivity index (χ2n) is 5.43. The predicted molar refractivity (Wildman–Crippen MR) is 82.8 cm³/mol. The average Bonchev–Trinajstić information content (AvgIpc) is 2.78. The molecule has 3 N–H and O–H groups in total. The molecule has 0 spiro atoms. The molecule has 1 amide bonds. The van der Waals surface area contributed by atoms with Crippen LogP contribution in [-0.4, -0.2) is 16.4 Å². The van der Waals surface area contributed by atoms with Crippen molar-refractivity contribution in [1.82, 2.24) is 5.32 Å². The molecule has 1 aliphatic carbocycles. The highest BCUT2D eigenvalue weighted by Crippen LogP contribution is 2.28. The zero-order valence-corrected chi connectivity index (χ0v) is 12.7. The first-order valence-electron chi connectivity index (χ1n) is 7.28. The molecular formula is C15H22N2O2S. The summed E-state index contributed by atoms with van der Waals surface area (Å²) >= 11 is 5.24. The van der Waals surface area contributed by atoms with Gasteiger partial charge in [-0.2, -0.15) is 0 Å².